The maximum Gasteiger partial charge on any atom is 0.0720 e. The quantitative estimate of drug-likeness (QED) is 0.599. The van der Waals surface area contributed by atoms with Crippen molar-refractivity contribution in [1.29, 1.82) is 0 Å². The molecule has 1 nitrogen and oxygen atoms in total. The van der Waals surface area contributed by atoms with E-state index < -0.39 is 0 Å². The van der Waals surface area contributed by atoms with Gasteiger partial charge in [-0.25, -0.2) is 0 Å². The van der Waals surface area contributed by atoms with E-state index in [0.717, 1.165) is 11.5 Å². The van der Waals surface area contributed by atoms with Crippen LogP contribution in [0.1, 0.15) is 32.6 Å². The molecule has 1 fully saturated rings. The van der Waals surface area contributed by atoms with E-state index in [2.05, 4.69) is 20.1 Å². The van der Waals surface area contributed by atoms with E-state index in [1.807, 2.05) is 12.2 Å². The van der Waals surface area contributed by atoms with Crippen molar-refractivity contribution in [3.63, 3.8) is 0 Å². The molecule has 84 valence electrons. The van der Waals surface area contributed by atoms with Crippen LogP contribution in [0.15, 0.2) is 37.0 Å². The van der Waals surface area contributed by atoms with Crippen molar-refractivity contribution in [3.8, 4) is 0 Å². The highest BCUT2D eigenvalue weighted by Gasteiger charge is 2.26. The normalized spacial score (nSPS) is 26.6. The van der Waals surface area contributed by atoms with Crippen LogP contribution >= 0.6 is 0 Å². The second-order valence-electron chi connectivity index (χ2n) is 4.13. The Kier molecular flexibility index (Phi) is 5.41. The highest BCUT2D eigenvalue weighted by molar-refractivity contribution is 5.21. The van der Waals surface area contributed by atoms with E-state index in [9.17, 15) is 0 Å². The van der Waals surface area contributed by atoms with Crippen LogP contribution in [0, 0.1) is 5.92 Å². The third-order valence-corrected chi connectivity index (χ3v) is 3.17. The van der Waals surface area contributed by atoms with Gasteiger partial charge >= 0.3 is 0 Å². The van der Waals surface area contributed by atoms with Crippen molar-refractivity contribution in [1.82, 2.24) is 0 Å². The Balaban J connectivity index is 2.38. The van der Waals surface area contributed by atoms with Gasteiger partial charge in [0.25, 0.3) is 0 Å². The summed E-state index contributed by atoms with van der Waals surface area (Å²) in [4.78, 5) is 0. The molecule has 0 aliphatic heterocycles. The van der Waals surface area contributed by atoms with Crippen molar-refractivity contribution >= 4 is 0 Å². The fourth-order valence-electron chi connectivity index (χ4n) is 2.22. The number of rotatable bonds is 6. The molecule has 0 spiro atoms. The Morgan fingerprint density at radius 1 is 1.40 bits per heavy atom. The van der Waals surface area contributed by atoms with Crippen LogP contribution < -0.4 is 0 Å². The molecule has 0 aromatic heterocycles. The van der Waals surface area contributed by atoms with Gasteiger partial charge in [0, 0.05) is 0 Å². The summed E-state index contributed by atoms with van der Waals surface area (Å²) in [6, 6.07) is 0. The number of hydrogen-bond donors (Lipinski definition) is 0. The molecule has 1 rings (SSSR count). The number of hydrogen-bond acceptors (Lipinski definition) is 1. The summed E-state index contributed by atoms with van der Waals surface area (Å²) in [6.07, 6.45) is 11.2. The lowest BCUT2D eigenvalue weighted by Crippen LogP contribution is -2.18. The molecule has 0 amide bonds. The summed E-state index contributed by atoms with van der Waals surface area (Å²) in [5, 5.41) is 0. The van der Waals surface area contributed by atoms with Crippen molar-refractivity contribution < 1.29 is 4.74 Å². The zero-order chi connectivity index (χ0) is 11.1. The summed E-state index contributed by atoms with van der Waals surface area (Å²) < 4.78 is 5.92. The first kappa shape index (κ1) is 12.3. The molecular formula is C14H22O. The van der Waals surface area contributed by atoms with Crippen LogP contribution in [0.5, 0.6) is 0 Å². The standard InChI is InChI=1S/C14H22O/c1-4-8-12(5-2)11-15-14-10-7-9-13(14)6-3/h4-5,8,13-14H,1-2,6-7,9-11H2,3H3/b12-8+. The van der Waals surface area contributed by atoms with Gasteiger partial charge in [-0.2, -0.15) is 0 Å². The van der Waals surface area contributed by atoms with Gasteiger partial charge in [0.05, 0.1) is 12.7 Å². The average molecular weight is 206 g/mol. The second-order valence-corrected chi connectivity index (χ2v) is 4.13. The Labute approximate surface area is 93.5 Å². The van der Waals surface area contributed by atoms with Gasteiger partial charge in [-0.3, -0.25) is 0 Å². The summed E-state index contributed by atoms with van der Waals surface area (Å²) in [5.74, 6) is 0.764. The van der Waals surface area contributed by atoms with Crippen molar-refractivity contribution in [2.75, 3.05) is 6.61 Å². The van der Waals surface area contributed by atoms with Crippen molar-refractivity contribution in [2.24, 2.45) is 5.92 Å². The zero-order valence-corrected chi connectivity index (χ0v) is 9.74. The molecule has 2 unspecified atom stereocenters. The van der Waals surface area contributed by atoms with E-state index in [0.29, 0.717) is 12.7 Å². The first-order chi connectivity index (χ1) is 7.31. The Morgan fingerprint density at radius 3 is 2.80 bits per heavy atom. The fourth-order valence-corrected chi connectivity index (χ4v) is 2.22. The van der Waals surface area contributed by atoms with Gasteiger partial charge in [0.1, 0.15) is 0 Å². The SMILES string of the molecule is C=C/C=C(\C=C)COC1CCCC1CC. The lowest BCUT2D eigenvalue weighted by Gasteiger charge is -2.18. The Morgan fingerprint density at radius 2 is 2.20 bits per heavy atom. The predicted molar refractivity (Wildman–Crippen MR) is 65.8 cm³/mol. The van der Waals surface area contributed by atoms with Crippen LogP contribution in [0.3, 0.4) is 0 Å². The van der Waals surface area contributed by atoms with Crippen LogP contribution in [0.4, 0.5) is 0 Å². The van der Waals surface area contributed by atoms with Crippen LogP contribution in [-0.2, 0) is 4.74 Å². The molecule has 15 heavy (non-hydrogen) atoms. The van der Waals surface area contributed by atoms with Crippen LogP contribution in [0.25, 0.3) is 0 Å². The zero-order valence-electron chi connectivity index (χ0n) is 9.74. The van der Waals surface area contributed by atoms with Gasteiger partial charge < -0.3 is 4.74 Å². The monoisotopic (exact) mass is 206 g/mol. The maximum absolute atomic E-state index is 5.92. The summed E-state index contributed by atoms with van der Waals surface area (Å²) in [6.45, 7) is 10.4. The minimum atomic E-state index is 0.461. The average Bonchev–Trinajstić information content (AvgIpc) is 2.71. The molecule has 1 aliphatic carbocycles. The van der Waals surface area contributed by atoms with E-state index in [4.69, 9.17) is 4.74 Å². The first-order valence-electron chi connectivity index (χ1n) is 5.87. The smallest absolute Gasteiger partial charge is 0.0720 e. The lowest BCUT2D eigenvalue weighted by atomic mass is 10.0. The van der Waals surface area contributed by atoms with Crippen LogP contribution in [-0.4, -0.2) is 12.7 Å². The minimum absolute atomic E-state index is 0.461. The molecule has 0 aromatic carbocycles. The molecule has 1 heteroatoms. The first-order valence-corrected chi connectivity index (χ1v) is 5.87. The van der Waals surface area contributed by atoms with Gasteiger partial charge in [-0.1, -0.05) is 51.2 Å². The van der Waals surface area contributed by atoms with E-state index in [-0.39, 0.29) is 0 Å². The van der Waals surface area contributed by atoms with Crippen molar-refractivity contribution in [2.45, 2.75) is 38.7 Å². The third kappa shape index (κ3) is 3.67. The number of allylic oxidation sites excluding steroid dienone is 2. The topological polar surface area (TPSA) is 9.23 Å². The van der Waals surface area contributed by atoms with Gasteiger partial charge in [-0.05, 0) is 24.3 Å². The molecule has 1 saturated carbocycles. The van der Waals surface area contributed by atoms with E-state index in [1.54, 1.807) is 6.08 Å². The fraction of sp³-hybridized carbons (Fsp3) is 0.571. The molecule has 0 N–H and O–H groups in total. The van der Waals surface area contributed by atoms with Crippen molar-refractivity contribution in [3.05, 3.63) is 37.0 Å². The molecular weight excluding hydrogens is 184 g/mol. The number of ether oxygens (including phenoxy) is 1. The molecule has 0 radical (unpaired) electrons. The maximum atomic E-state index is 5.92. The Hall–Kier alpha value is -0.820. The van der Waals surface area contributed by atoms with Gasteiger partial charge in [0.2, 0.25) is 0 Å². The summed E-state index contributed by atoms with van der Waals surface area (Å²) in [5.41, 5.74) is 1.12. The summed E-state index contributed by atoms with van der Waals surface area (Å²) >= 11 is 0. The van der Waals surface area contributed by atoms with Crippen LogP contribution in [0.2, 0.25) is 0 Å². The molecule has 0 saturated heterocycles. The Bertz CT molecular complexity index is 240. The highest BCUT2D eigenvalue weighted by Crippen LogP contribution is 2.30. The summed E-state index contributed by atoms with van der Waals surface area (Å²) in [7, 11) is 0. The molecule has 1 aliphatic rings. The molecule has 2 atom stereocenters. The largest absolute Gasteiger partial charge is 0.373 e. The minimum Gasteiger partial charge on any atom is -0.373 e. The van der Waals surface area contributed by atoms with Gasteiger partial charge in [-0.15, -0.1) is 0 Å². The van der Waals surface area contributed by atoms with E-state index in [1.165, 1.54) is 25.7 Å². The lowest BCUT2D eigenvalue weighted by molar-refractivity contribution is 0.0423. The second kappa shape index (κ2) is 6.62. The third-order valence-electron chi connectivity index (χ3n) is 3.17. The molecule has 0 bridgehead atoms. The predicted octanol–water partition coefficient (Wildman–Crippen LogP) is 3.88. The van der Waals surface area contributed by atoms with E-state index >= 15 is 0 Å². The molecule has 0 aromatic rings. The molecule has 0 heterocycles. The highest BCUT2D eigenvalue weighted by atomic mass is 16.5. The van der Waals surface area contributed by atoms with Gasteiger partial charge in [0.15, 0.2) is 0 Å².